The molecule has 0 saturated heterocycles. The molecule has 5 heteroatoms. The fourth-order valence-electron chi connectivity index (χ4n) is 1.52. The Morgan fingerprint density at radius 2 is 2.13 bits per heavy atom. The van der Waals surface area contributed by atoms with E-state index in [9.17, 15) is 4.39 Å². The molecule has 15 heavy (non-hydrogen) atoms. The lowest BCUT2D eigenvalue weighted by atomic mass is 10.2. The van der Waals surface area contributed by atoms with E-state index in [1.165, 1.54) is 29.8 Å². The smallest absolute Gasteiger partial charge is 0.150 e. The van der Waals surface area contributed by atoms with E-state index in [-0.39, 0.29) is 5.82 Å². The fraction of sp³-hybridized carbons (Fsp3) is 0. The maximum absolute atomic E-state index is 13.1. The van der Waals surface area contributed by atoms with Gasteiger partial charge in [-0.3, -0.25) is 0 Å². The van der Waals surface area contributed by atoms with Crippen LogP contribution in [-0.4, -0.2) is 9.97 Å². The molecule has 0 unspecified atom stereocenters. The molecule has 0 fully saturated rings. The van der Waals surface area contributed by atoms with Crippen molar-refractivity contribution in [2.24, 2.45) is 0 Å². The van der Waals surface area contributed by atoms with Crippen LogP contribution >= 0.6 is 22.9 Å². The molecule has 0 atom stereocenters. The van der Waals surface area contributed by atoms with E-state index >= 15 is 0 Å². The number of aromatic nitrogens is 2. The monoisotopic (exact) mass is 238 g/mol. The van der Waals surface area contributed by atoms with Crippen LogP contribution in [0.3, 0.4) is 0 Å². The first kappa shape index (κ1) is 9.00. The van der Waals surface area contributed by atoms with E-state index in [0.29, 0.717) is 5.15 Å². The summed E-state index contributed by atoms with van der Waals surface area (Å²) in [5, 5.41) is 1.21. The first-order chi connectivity index (χ1) is 7.25. The molecule has 74 valence electrons. The number of rotatable bonds is 0. The second-order valence-corrected chi connectivity index (χ2v) is 4.49. The SMILES string of the molecule is Fc1ccc2sc3c(Cl)ncnc3c2c1. The van der Waals surface area contributed by atoms with E-state index in [0.717, 1.165) is 20.3 Å². The van der Waals surface area contributed by atoms with Gasteiger partial charge in [0, 0.05) is 10.1 Å². The van der Waals surface area contributed by atoms with Gasteiger partial charge in [-0.15, -0.1) is 11.3 Å². The molecule has 3 aromatic rings. The Hall–Kier alpha value is -1.26. The molecule has 0 bridgehead atoms. The third-order valence-electron chi connectivity index (χ3n) is 2.17. The maximum Gasteiger partial charge on any atom is 0.150 e. The number of fused-ring (bicyclic) bond motifs is 3. The van der Waals surface area contributed by atoms with Crippen LogP contribution in [0.25, 0.3) is 20.3 Å². The largest absolute Gasteiger partial charge is 0.235 e. The van der Waals surface area contributed by atoms with Crippen molar-refractivity contribution in [1.82, 2.24) is 9.97 Å². The zero-order valence-electron chi connectivity index (χ0n) is 7.37. The van der Waals surface area contributed by atoms with Crippen molar-refractivity contribution < 1.29 is 4.39 Å². The summed E-state index contributed by atoms with van der Waals surface area (Å²) in [6, 6.07) is 4.63. The standard InChI is InChI=1S/C10H4ClFN2S/c11-10-9-8(13-4-14-10)6-3-5(12)1-2-7(6)15-9/h1-4H. The summed E-state index contributed by atoms with van der Waals surface area (Å²) in [7, 11) is 0. The minimum absolute atomic E-state index is 0.267. The highest BCUT2D eigenvalue weighted by molar-refractivity contribution is 7.26. The molecule has 2 heterocycles. The van der Waals surface area contributed by atoms with Gasteiger partial charge < -0.3 is 0 Å². The number of benzene rings is 1. The van der Waals surface area contributed by atoms with Gasteiger partial charge in [-0.2, -0.15) is 0 Å². The molecule has 0 amide bonds. The molecule has 1 aromatic carbocycles. The topological polar surface area (TPSA) is 25.8 Å². The lowest BCUT2D eigenvalue weighted by Gasteiger charge is -1.91. The van der Waals surface area contributed by atoms with Crippen molar-refractivity contribution >= 4 is 43.2 Å². The Morgan fingerprint density at radius 3 is 3.00 bits per heavy atom. The highest BCUT2D eigenvalue weighted by atomic mass is 35.5. The molecule has 0 aliphatic heterocycles. The molecular formula is C10H4ClFN2S. The average molecular weight is 239 g/mol. The van der Waals surface area contributed by atoms with Crippen LogP contribution in [0.15, 0.2) is 24.5 Å². The zero-order chi connectivity index (χ0) is 10.4. The summed E-state index contributed by atoms with van der Waals surface area (Å²) in [6.07, 6.45) is 1.39. The van der Waals surface area contributed by atoms with Gasteiger partial charge in [0.15, 0.2) is 0 Å². The predicted molar refractivity (Wildman–Crippen MR) is 59.9 cm³/mol. The zero-order valence-corrected chi connectivity index (χ0v) is 8.94. The highest BCUT2D eigenvalue weighted by Gasteiger charge is 2.10. The van der Waals surface area contributed by atoms with Crippen molar-refractivity contribution in [1.29, 1.82) is 0 Å². The number of thiophene rings is 1. The van der Waals surface area contributed by atoms with Gasteiger partial charge in [-0.25, -0.2) is 14.4 Å². The van der Waals surface area contributed by atoms with Gasteiger partial charge in [0.2, 0.25) is 0 Å². The van der Waals surface area contributed by atoms with Crippen LogP contribution in [0.2, 0.25) is 5.15 Å². The minimum Gasteiger partial charge on any atom is -0.235 e. The van der Waals surface area contributed by atoms with Crippen LogP contribution in [0.4, 0.5) is 4.39 Å². The summed E-state index contributed by atoms with van der Waals surface area (Å²) < 4.78 is 14.8. The minimum atomic E-state index is -0.267. The second kappa shape index (κ2) is 3.12. The van der Waals surface area contributed by atoms with E-state index < -0.39 is 0 Å². The van der Waals surface area contributed by atoms with Crippen LogP contribution in [-0.2, 0) is 0 Å². The quantitative estimate of drug-likeness (QED) is 0.559. The van der Waals surface area contributed by atoms with Crippen molar-refractivity contribution in [3.8, 4) is 0 Å². The molecule has 0 N–H and O–H groups in total. The van der Waals surface area contributed by atoms with Crippen molar-refractivity contribution in [3.05, 3.63) is 35.5 Å². The molecule has 2 nitrogen and oxygen atoms in total. The van der Waals surface area contributed by atoms with Gasteiger partial charge >= 0.3 is 0 Å². The number of nitrogens with zero attached hydrogens (tertiary/aromatic N) is 2. The van der Waals surface area contributed by atoms with E-state index in [2.05, 4.69) is 9.97 Å². The summed E-state index contributed by atoms with van der Waals surface area (Å²) >= 11 is 7.41. The van der Waals surface area contributed by atoms with Crippen LogP contribution < -0.4 is 0 Å². The lowest BCUT2D eigenvalue weighted by Crippen LogP contribution is -1.79. The molecule has 0 saturated carbocycles. The molecule has 3 rings (SSSR count). The van der Waals surface area contributed by atoms with Crippen LogP contribution in [0.5, 0.6) is 0 Å². The molecule has 2 aromatic heterocycles. The number of hydrogen-bond donors (Lipinski definition) is 0. The normalized spacial score (nSPS) is 11.3. The first-order valence-electron chi connectivity index (χ1n) is 4.24. The summed E-state index contributed by atoms with van der Waals surface area (Å²) in [4.78, 5) is 8.02. The van der Waals surface area contributed by atoms with E-state index in [1.807, 2.05) is 0 Å². The Balaban J connectivity index is 2.58. The van der Waals surface area contributed by atoms with Gasteiger partial charge in [-0.05, 0) is 18.2 Å². The van der Waals surface area contributed by atoms with Gasteiger partial charge in [-0.1, -0.05) is 11.6 Å². The van der Waals surface area contributed by atoms with Gasteiger partial charge in [0.1, 0.15) is 17.3 Å². The molecule has 0 spiro atoms. The summed E-state index contributed by atoms with van der Waals surface area (Å²) in [5.41, 5.74) is 0.717. The van der Waals surface area contributed by atoms with Gasteiger partial charge in [0.25, 0.3) is 0 Å². The molecular weight excluding hydrogens is 235 g/mol. The van der Waals surface area contributed by atoms with Gasteiger partial charge in [0.05, 0.1) is 10.2 Å². The second-order valence-electron chi connectivity index (χ2n) is 3.08. The highest BCUT2D eigenvalue weighted by Crippen LogP contribution is 2.35. The maximum atomic E-state index is 13.1. The van der Waals surface area contributed by atoms with Crippen molar-refractivity contribution in [2.75, 3.05) is 0 Å². The van der Waals surface area contributed by atoms with E-state index in [4.69, 9.17) is 11.6 Å². The number of hydrogen-bond acceptors (Lipinski definition) is 3. The molecule has 0 aliphatic carbocycles. The Morgan fingerprint density at radius 1 is 1.27 bits per heavy atom. The first-order valence-corrected chi connectivity index (χ1v) is 5.43. The lowest BCUT2D eigenvalue weighted by molar-refractivity contribution is 0.630. The van der Waals surface area contributed by atoms with Crippen molar-refractivity contribution in [2.45, 2.75) is 0 Å². The summed E-state index contributed by atoms with van der Waals surface area (Å²) in [5.74, 6) is -0.267. The van der Waals surface area contributed by atoms with E-state index in [1.54, 1.807) is 6.07 Å². The van der Waals surface area contributed by atoms with Crippen molar-refractivity contribution in [3.63, 3.8) is 0 Å². The average Bonchev–Trinajstić information content (AvgIpc) is 2.58. The van der Waals surface area contributed by atoms with Crippen LogP contribution in [0, 0.1) is 5.82 Å². The number of halogens is 2. The third-order valence-corrected chi connectivity index (χ3v) is 3.73. The Labute approximate surface area is 93.3 Å². The summed E-state index contributed by atoms with van der Waals surface area (Å²) in [6.45, 7) is 0. The Kier molecular flexibility index (Phi) is 1.87. The van der Waals surface area contributed by atoms with Crippen LogP contribution in [0.1, 0.15) is 0 Å². The predicted octanol–water partition coefficient (Wildman–Crippen LogP) is 3.64. The fourth-order valence-corrected chi connectivity index (χ4v) is 2.79. The molecule has 0 radical (unpaired) electrons. The third kappa shape index (κ3) is 1.29. The molecule has 0 aliphatic rings. The Bertz CT molecular complexity index is 665.